The minimum absolute atomic E-state index is 0.0896. The van der Waals surface area contributed by atoms with E-state index in [1.54, 1.807) is 6.07 Å². The summed E-state index contributed by atoms with van der Waals surface area (Å²) in [5, 5.41) is 3.77. The summed E-state index contributed by atoms with van der Waals surface area (Å²) >= 11 is 0. The quantitative estimate of drug-likeness (QED) is 0.328. The van der Waals surface area contributed by atoms with E-state index in [1.807, 2.05) is 14.4 Å². The van der Waals surface area contributed by atoms with Gasteiger partial charge in [-0.3, -0.25) is 14.5 Å². The molecule has 0 N–H and O–H groups in total. The fraction of sp³-hybridized carbons (Fsp3) is 0.444. The van der Waals surface area contributed by atoms with E-state index >= 15 is 0 Å². The Kier molecular flexibility index (Phi) is 4.89. The summed E-state index contributed by atoms with van der Waals surface area (Å²) in [5.74, 6) is -0.577. The van der Waals surface area contributed by atoms with Gasteiger partial charge in [-0.25, -0.2) is 4.39 Å². The third-order valence-corrected chi connectivity index (χ3v) is 5.22. The molecule has 28 heavy (non-hydrogen) atoms. The van der Waals surface area contributed by atoms with Gasteiger partial charge in [0.05, 0.1) is 29.5 Å². The lowest BCUT2D eigenvalue weighted by atomic mass is 10.1. The zero-order valence-corrected chi connectivity index (χ0v) is 15.1. The number of benzene rings is 1. The predicted molar refractivity (Wildman–Crippen MR) is 101 cm³/mol. The summed E-state index contributed by atoms with van der Waals surface area (Å²) in [6, 6.07) is 3.16. The molecular formula is C18H19FN6O3. The zero-order valence-electron chi connectivity index (χ0n) is 15.1. The van der Waals surface area contributed by atoms with E-state index in [4.69, 9.17) is 10.3 Å². The lowest BCUT2D eigenvalue weighted by Crippen LogP contribution is -2.46. The lowest BCUT2D eigenvalue weighted by molar-refractivity contribution is -0.120. The Hall–Kier alpha value is -3.10. The van der Waals surface area contributed by atoms with Crippen molar-refractivity contribution in [2.24, 2.45) is 5.11 Å². The van der Waals surface area contributed by atoms with Gasteiger partial charge in [0, 0.05) is 37.1 Å². The van der Waals surface area contributed by atoms with Gasteiger partial charge >= 0.3 is 0 Å². The maximum Gasteiger partial charge on any atom is 0.298 e. The molecule has 2 aliphatic rings. The molecule has 2 aromatic rings. The van der Waals surface area contributed by atoms with Crippen molar-refractivity contribution >= 4 is 23.1 Å². The summed E-state index contributed by atoms with van der Waals surface area (Å²) in [7, 11) is 0. The molecule has 2 fully saturated rings. The molecule has 10 heteroatoms. The van der Waals surface area contributed by atoms with Gasteiger partial charge in [0.1, 0.15) is 5.82 Å². The number of carbonyl (C=O) groups is 1. The van der Waals surface area contributed by atoms with Gasteiger partial charge in [-0.05, 0) is 30.5 Å². The number of halogens is 1. The number of anilines is 1. The number of aromatic nitrogens is 1. The van der Waals surface area contributed by atoms with Crippen molar-refractivity contribution in [3.8, 4) is 5.75 Å². The molecule has 1 saturated heterocycles. The first-order chi connectivity index (χ1) is 13.6. The molecule has 2 heterocycles. The molecule has 1 aromatic carbocycles. The van der Waals surface area contributed by atoms with Crippen molar-refractivity contribution in [1.82, 2.24) is 9.47 Å². The molecular weight excluding hydrogens is 367 g/mol. The highest BCUT2D eigenvalue weighted by molar-refractivity contribution is 5.85. The largest absolute Gasteiger partial charge is 0.423 e. The van der Waals surface area contributed by atoms with Crippen molar-refractivity contribution in [2.45, 2.75) is 18.9 Å². The second kappa shape index (κ2) is 7.49. The minimum atomic E-state index is -0.497. The van der Waals surface area contributed by atoms with Crippen LogP contribution in [0.2, 0.25) is 0 Å². The molecule has 0 atom stereocenters. The van der Waals surface area contributed by atoms with Gasteiger partial charge in [-0.2, -0.15) is 0 Å². The molecule has 0 bridgehead atoms. The number of rotatable bonds is 6. The summed E-state index contributed by atoms with van der Waals surface area (Å²) < 4.78 is 21.6. The maximum atomic E-state index is 14.9. The number of carbonyl (C=O) groups excluding carboxylic acids is 1. The van der Waals surface area contributed by atoms with Gasteiger partial charge in [0.2, 0.25) is 5.43 Å². The fourth-order valence-electron chi connectivity index (χ4n) is 3.61. The molecule has 1 aliphatic carbocycles. The maximum absolute atomic E-state index is 14.9. The molecule has 9 nitrogen and oxygen atoms in total. The Bertz CT molecular complexity index is 1020. The average molecular weight is 386 g/mol. The monoisotopic (exact) mass is 386 g/mol. The second-order valence-corrected chi connectivity index (χ2v) is 6.97. The van der Waals surface area contributed by atoms with E-state index in [-0.39, 0.29) is 23.6 Å². The van der Waals surface area contributed by atoms with E-state index in [2.05, 4.69) is 10.0 Å². The van der Waals surface area contributed by atoms with Gasteiger partial charge < -0.3 is 14.2 Å². The summed E-state index contributed by atoms with van der Waals surface area (Å²) in [6.45, 7) is 2.98. The molecule has 0 unspecified atom stereocenters. The first-order valence-corrected chi connectivity index (χ1v) is 9.09. The topological polar surface area (TPSA) is 104 Å². The summed E-state index contributed by atoms with van der Waals surface area (Å²) in [5.41, 5.74) is 9.01. The molecule has 1 aromatic heterocycles. The predicted octanol–water partition coefficient (Wildman–Crippen LogP) is 2.40. The third kappa shape index (κ3) is 3.39. The van der Waals surface area contributed by atoms with Gasteiger partial charge in [-0.1, -0.05) is 5.11 Å². The van der Waals surface area contributed by atoms with Crippen LogP contribution in [0.4, 0.5) is 10.1 Å². The highest BCUT2D eigenvalue weighted by atomic mass is 19.1. The number of ether oxygens (including phenoxy) is 1. The van der Waals surface area contributed by atoms with Gasteiger partial charge in [0.15, 0.2) is 5.75 Å². The number of hydrogen-bond donors (Lipinski definition) is 0. The van der Waals surface area contributed by atoms with Crippen molar-refractivity contribution in [3.05, 3.63) is 44.8 Å². The first-order valence-electron chi connectivity index (χ1n) is 9.09. The standard InChI is InChI=1S/C18H19FN6O3/c19-14-7-13-15(25(12-1-2-12)9-17(18(13)27)28-11-26)8-16(14)24-5-3-23(4-6-24)10-21-22-20/h7-9,11-12H,1-6,10H2. The van der Waals surface area contributed by atoms with Crippen LogP contribution in [0.1, 0.15) is 18.9 Å². The highest BCUT2D eigenvalue weighted by Gasteiger charge is 2.27. The van der Waals surface area contributed by atoms with Crippen LogP contribution in [0.25, 0.3) is 21.3 Å². The van der Waals surface area contributed by atoms with Gasteiger partial charge in [-0.15, -0.1) is 0 Å². The van der Waals surface area contributed by atoms with E-state index in [9.17, 15) is 14.0 Å². The van der Waals surface area contributed by atoms with Crippen LogP contribution in [0.15, 0.2) is 28.2 Å². The highest BCUT2D eigenvalue weighted by Crippen LogP contribution is 2.38. The number of azide groups is 1. The molecule has 4 rings (SSSR count). The van der Waals surface area contributed by atoms with Crippen LogP contribution in [-0.4, -0.2) is 48.8 Å². The van der Waals surface area contributed by atoms with Crippen molar-refractivity contribution in [3.63, 3.8) is 0 Å². The summed E-state index contributed by atoms with van der Waals surface area (Å²) in [6.07, 6.45) is 3.46. The Morgan fingerprint density at radius 3 is 2.68 bits per heavy atom. The van der Waals surface area contributed by atoms with E-state index in [0.29, 0.717) is 44.1 Å². The number of hydrogen-bond acceptors (Lipinski definition) is 6. The minimum Gasteiger partial charge on any atom is -0.423 e. The lowest BCUT2D eigenvalue weighted by Gasteiger charge is -2.35. The molecule has 1 aliphatic heterocycles. The normalized spacial score (nSPS) is 17.4. The van der Waals surface area contributed by atoms with Crippen LogP contribution < -0.4 is 15.1 Å². The Morgan fingerprint density at radius 2 is 2.04 bits per heavy atom. The van der Waals surface area contributed by atoms with Gasteiger partial charge in [0.25, 0.3) is 6.47 Å². The average Bonchev–Trinajstić information content (AvgIpc) is 3.54. The molecule has 1 saturated carbocycles. The van der Waals surface area contributed by atoms with Crippen molar-refractivity contribution in [1.29, 1.82) is 0 Å². The molecule has 146 valence electrons. The Balaban J connectivity index is 1.71. The fourth-order valence-corrected chi connectivity index (χ4v) is 3.61. The number of pyridine rings is 1. The Morgan fingerprint density at radius 1 is 1.29 bits per heavy atom. The number of nitrogens with zero attached hydrogens (tertiary/aromatic N) is 6. The first kappa shape index (κ1) is 18.3. The van der Waals surface area contributed by atoms with Crippen LogP contribution in [0.5, 0.6) is 5.75 Å². The second-order valence-electron chi connectivity index (χ2n) is 6.97. The van der Waals surface area contributed by atoms with Crippen LogP contribution in [0.3, 0.4) is 0 Å². The van der Waals surface area contributed by atoms with E-state index in [1.165, 1.54) is 12.3 Å². The number of piperazine rings is 1. The van der Waals surface area contributed by atoms with Crippen molar-refractivity contribution in [2.75, 3.05) is 37.7 Å². The van der Waals surface area contributed by atoms with E-state index < -0.39 is 11.2 Å². The molecule has 0 radical (unpaired) electrons. The third-order valence-electron chi connectivity index (χ3n) is 5.22. The zero-order chi connectivity index (χ0) is 19.7. The van der Waals surface area contributed by atoms with Crippen molar-refractivity contribution < 1.29 is 13.9 Å². The summed E-state index contributed by atoms with van der Waals surface area (Å²) in [4.78, 5) is 30.0. The Labute approximate surface area is 159 Å². The smallest absolute Gasteiger partial charge is 0.298 e. The van der Waals surface area contributed by atoms with E-state index in [0.717, 1.165) is 12.8 Å². The SMILES string of the molecule is [N-]=[N+]=NCN1CCN(c2cc3c(cc2F)c(=O)c(OC=O)cn3C2CC2)CC1. The molecule has 0 amide bonds. The van der Waals surface area contributed by atoms with Crippen LogP contribution in [-0.2, 0) is 4.79 Å². The molecule has 0 spiro atoms. The number of fused-ring (bicyclic) bond motifs is 1. The van der Waals surface area contributed by atoms with Crippen LogP contribution >= 0.6 is 0 Å². The van der Waals surface area contributed by atoms with Crippen LogP contribution in [0, 0.1) is 5.82 Å².